The number of aryl methyl sites for hydroxylation is 2. The molecule has 3 heteroatoms. The molecule has 0 spiro atoms. The summed E-state index contributed by atoms with van der Waals surface area (Å²) in [6.07, 6.45) is 1.70. The number of aliphatic hydroxyl groups is 1. The van der Waals surface area contributed by atoms with E-state index in [-0.39, 0.29) is 6.61 Å². The smallest absolute Gasteiger partial charge is 0.0672 e. The topological polar surface area (TPSA) is 25.2 Å². The van der Waals surface area contributed by atoms with Gasteiger partial charge in [-0.3, -0.25) is 0 Å². The number of rotatable bonds is 3. The number of aliphatic hydroxyl groups excluding tert-OH is 1. The highest BCUT2D eigenvalue weighted by Crippen LogP contribution is 2.30. The van der Waals surface area contributed by atoms with Crippen molar-refractivity contribution in [2.24, 2.45) is 7.05 Å². The van der Waals surface area contributed by atoms with E-state index in [0.29, 0.717) is 0 Å². The molecule has 0 saturated carbocycles. The predicted octanol–water partition coefficient (Wildman–Crippen LogP) is 3.07. The van der Waals surface area contributed by atoms with Gasteiger partial charge in [0.1, 0.15) is 0 Å². The van der Waals surface area contributed by atoms with E-state index in [1.54, 1.807) is 0 Å². The Morgan fingerprint density at radius 3 is 2.81 bits per heavy atom. The molecule has 0 unspecified atom stereocenters. The lowest BCUT2D eigenvalue weighted by atomic mass is 10.1. The fraction of sp³-hybridized carbons (Fsp3) is 0.385. The van der Waals surface area contributed by atoms with Gasteiger partial charge in [-0.05, 0) is 31.4 Å². The Bertz CT molecular complexity index is 516. The van der Waals surface area contributed by atoms with Crippen LogP contribution in [0.1, 0.15) is 17.7 Å². The lowest BCUT2D eigenvalue weighted by Crippen LogP contribution is -1.94. The summed E-state index contributed by atoms with van der Waals surface area (Å²) in [5.41, 5.74) is 3.63. The average Bonchev–Trinajstić information content (AvgIpc) is 2.51. The van der Waals surface area contributed by atoms with Gasteiger partial charge in [-0.1, -0.05) is 23.7 Å². The SMILES string of the molecule is Cc1c(CCCO)c2cccc(Cl)c2n1C. The van der Waals surface area contributed by atoms with E-state index in [0.717, 1.165) is 23.4 Å². The van der Waals surface area contributed by atoms with Gasteiger partial charge in [0, 0.05) is 24.7 Å². The highest BCUT2D eigenvalue weighted by Gasteiger charge is 2.13. The van der Waals surface area contributed by atoms with E-state index < -0.39 is 0 Å². The van der Waals surface area contributed by atoms with Gasteiger partial charge in [-0.15, -0.1) is 0 Å². The lowest BCUT2D eigenvalue weighted by molar-refractivity contribution is 0.288. The molecule has 1 N–H and O–H groups in total. The largest absolute Gasteiger partial charge is 0.396 e. The summed E-state index contributed by atoms with van der Waals surface area (Å²) >= 11 is 6.21. The first-order valence-electron chi connectivity index (χ1n) is 5.50. The van der Waals surface area contributed by atoms with E-state index in [1.165, 1.54) is 16.6 Å². The van der Waals surface area contributed by atoms with Crippen LogP contribution >= 0.6 is 11.6 Å². The third-order valence-electron chi connectivity index (χ3n) is 3.17. The van der Waals surface area contributed by atoms with Crippen molar-refractivity contribution >= 4 is 22.5 Å². The van der Waals surface area contributed by atoms with Crippen molar-refractivity contribution in [2.45, 2.75) is 19.8 Å². The maximum absolute atomic E-state index is 8.92. The number of fused-ring (bicyclic) bond motifs is 1. The molecule has 1 aromatic carbocycles. The monoisotopic (exact) mass is 237 g/mol. The molecule has 86 valence electrons. The van der Waals surface area contributed by atoms with Gasteiger partial charge in [-0.25, -0.2) is 0 Å². The molecule has 2 rings (SSSR count). The molecule has 0 aliphatic heterocycles. The first kappa shape index (κ1) is 11.5. The molecule has 0 bridgehead atoms. The number of benzene rings is 1. The van der Waals surface area contributed by atoms with Crippen LogP contribution in [-0.2, 0) is 13.5 Å². The first-order chi connectivity index (χ1) is 7.66. The van der Waals surface area contributed by atoms with Crippen molar-refractivity contribution in [2.75, 3.05) is 6.61 Å². The van der Waals surface area contributed by atoms with Gasteiger partial charge in [0.05, 0.1) is 10.5 Å². The molecule has 1 heterocycles. The van der Waals surface area contributed by atoms with Crippen molar-refractivity contribution in [1.29, 1.82) is 0 Å². The van der Waals surface area contributed by atoms with Crippen LogP contribution in [0.5, 0.6) is 0 Å². The minimum Gasteiger partial charge on any atom is -0.396 e. The number of nitrogens with zero attached hydrogens (tertiary/aromatic N) is 1. The minimum absolute atomic E-state index is 0.233. The molecule has 1 aromatic heterocycles. The van der Waals surface area contributed by atoms with Crippen molar-refractivity contribution in [1.82, 2.24) is 4.57 Å². The Hall–Kier alpha value is -0.990. The van der Waals surface area contributed by atoms with Gasteiger partial charge in [0.25, 0.3) is 0 Å². The van der Waals surface area contributed by atoms with Gasteiger partial charge in [0.15, 0.2) is 0 Å². The number of halogens is 1. The number of para-hydroxylation sites is 1. The number of hydrogen-bond donors (Lipinski definition) is 1. The zero-order valence-electron chi connectivity index (χ0n) is 9.63. The molecule has 2 nitrogen and oxygen atoms in total. The summed E-state index contributed by atoms with van der Waals surface area (Å²) in [5, 5.41) is 10.9. The van der Waals surface area contributed by atoms with Crippen LogP contribution in [0.4, 0.5) is 0 Å². The summed E-state index contributed by atoms with van der Waals surface area (Å²) in [6, 6.07) is 5.99. The Labute approximate surface area is 100 Å². The molecule has 0 fully saturated rings. The van der Waals surface area contributed by atoms with Crippen LogP contribution in [0.25, 0.3) is 10.9 Å². The van der Waals surface area contributed by atoms with Crippen molar-refractivity contribution in [3.63, 3.8) is 0 Å². The van der Waals surface area contributed by atoms with Crippen molar-refractivity contribution in [3.8, 4) is 0 Å². The molecule has 0 radical (unpaired) electrons. The van der Waals surface area contributed by atoms with E-state index in [1.807, 2.05) is 19.2 Å². The standard InChI is InChI=1S/C13H16ClNO/c1-9-10(6-4-8-16)11-5-3-7-12(14)13(11)15(9)2/h3,5,7,16H,4,6,8H2,1-2H3. The van der Waals surface area contributed by atoms with Crippen LogP contribution in [0.3, 0.4) is 0 Å². The van der Waals surface area contributed by atoms with Gasteiger partial charge in [-0.2, -0.15) is 0 Å². The summed E-state index contributed by atoms with van der Waals surface area (Å²) in [4.78, 5) is 0. The summed E-state index contributed by atoms with van der Waals surface area (Å²) in [5.74, 6) is 0. The molecule has 0 aliphatic rings. The molecule has 0 aliphatic carbocycles. The quantitative estimate of drug-likeness (QED) is 0.872. The van der Waals surface area contributed by atoms with E-state index in [2.05, 4.69) is 17.6 Å². The van der Waals surface area contributed by atoms with Crippen LogP contribution in [0.2, 0.25) is 5.02 Å². The Kier molecular flexibility index (Phi) is 3.22. The second-order valence-corrected chi connectivity index (χ2v) is 4.49. The fourth-order valence-electron chi connectivity index (χ4n) is 2.24. The Balaban J connectivity index is 2.64. The van der Waals surface area contributed by atoms with Crippen LogP contribution in [0, 0.1) is 6.92 Å². The third-order valence-corrected chi connectivity index (χ3v) is 3.48. The predicted molar refractivity (Wildman–Crippen MR) is 68.1 cm³/mol. The zero-order valence-corrected chi connectivity index (χ0v) is 10.4. The normalized spacial score (nSPS) is 11.2. The molecular formula is C13H16ClNO. The molecule has 0 saturated heterocycles. The Morgan fingerprint density at radius 1 is 1.38 bits per heavy atom. The molecule has 16 heavy (non-hydrogen) atoms. The van der Waals surface area contributed by atoms with Crippen molar-refractivity contribution < 1.29 is 5.11 Å². The van der Waals surface area contributed by atoms with E-state index in [9.17, 15) is 0 Å². The minimum atomic E-state index is 0.233. The van der Waals surface area contributed by atoms with Crippen LogP contribution in [0.15, 0.2) is 18.2 Å². The van der Waals surface area contributed by atoms with E-state index >= 15 is 0 Å². The molecule has 2 aromatic rings. The summed E-state index contributed by atoms with van der Waals surface area (Å²) in [7, 11) is 2.03. The number of hydrogen-bond acceptors (Lipinski definition) is 1. The third kappa shape index (κ3) is 1.72. The highest BCUT2D eigenvalue weighted by molar-refractivity contribution is 6.35. The second kappa shape index (κ2) is 4.48. The molecule has 0 amide bonds. The average molecular weight is 238 g/mol. The van der Waals surface area contributed by atoms with E-state index in [4.69, 9.17) is 16.7 Å². The maximum Gasteiger partial charge on any atom is 0.0672 e. The number of aromatic nitrogens is 1. The van der Waals surface area contributed by atoms with Gasteiger partial charge >= 0.3 is 0 Å². The summed E-state index contributed by atoms with van der Waals surface area (Å²) < 4.78 is 2.13. The fourth-order valence-corrected chi connectivity index (χ4v) is 2.54. The summed E-state index contributed by atoms with van der Waals surface area (Å²) in [6.45, 7) is 2.33. The first-order valence-corrected chi connectivity index (χ1v) is 5.88. The lowest BCUT2D eigenvalue weighted by Gasteiger charge is -2.00. The van der Waals surface area contributed by atoms with Crippen LogP contribution in [-0.4, -0.2) is 16.3 Å². The highest BCUT2D eigenvalue weighted by atomic mass is 35.5. The van der Waals surface area contributed by atoms with Crippen molar-refractivity contribution in [3.05, 3.63) is 34.5 Å². The maximum atomic E-state index is 8.92. The second-order valence-electron chi connectivity index (χ2n) is 4.09. The van der Waals surface area contributed by atoms with Crippen LogP contribution < -0.4 is 0 Å². The molecule has 0 atom stereocenters. The zero-order chi connectivity index (χ0) is 11.7. The molecular weight excluding hydrogens is 222 g/mol. The van der Waals surface area contributed by atoms with Gasteiger partial charge < -0.3 is 9.67 Å². The van der Waals surface area contributed by atoms with Gasteiger partial charge in [0.2, 0.25) is 0 Å². The Morgan fingerprint density at radius 2 is 2.12 bits per heavy atom.